The number of aromatic nitrogens is 4. The highest BCUT2D eigenvalue weighted by molar-refractivity contribution is 9.10. The molecule has 0 spiro atoms. The fourth-order valence-electron chi connectivity index (χ4n) is 1.81. The van der Waals surface area contributed by atoms with Crippen LogP contribution in [-0.2, 0) is 6.54 Å². The quantitative estimate of drug-likeness (QED) is 0.788. The molecule has 0 aliphatic heterocycles. The monoisotopic (exact) mass is 303 g/mol. The number of fused-ring (bicyclic) bond motifs is 1. The van der Waals surface area contributed by atoms with Crippen LogP contribution in [0.15, 0.2) is 41.3 Å². The molecule has 0 unspecified atom stereocenters. The van der Waals surface area contributed by atoms with Crippen LogP contribution in [-0.4, -0.2) is 19.7 Å². The van der Waals surface area contributed by atoms with E-state index in [2.05, 4.69) is 31.0 Å². The first-order valence-corrected chi connectivity index (χ1v) is 6.20. The summed E-state index contributed by atoms with van der Waals surface area (Å²) in [6.45, 7) is 0.640. The molecule has 0 bridgehead atoms. The summed E-state index contributed by atoms with van der Waals surface area (Å²) >= 11 is 3.52. The van der Waals surface area contributed by atoms with E-state index >= 15 is 0 Å². The number of nitrogens with zero attached hydrogens (tertiary/aromatic N) is 4. The van der Waals surface area contributed by atoms with Crippen molar-refractivity contribution < 1.29 is 0 Å². The lowest BCUT2D eigenvalue weighted by Crippen LogP contribution is -2.03. The normalized spacial score (nSPS) is 10.9. The molecule has 3 rings (SSSR count). The van der Waals surface area contributed by atoms with E-state index in [-0.39, 0.29) is 0 Å². The lowest BCUT2D eigenvalue weighted by atomic mass is 10.2. The van der Waals surface area contributed by atoms with Gasteiger partial charge in [0.2, 0.25) is 0 Å². The van der Waals surface area contributed by atoms with Crippen LogP contribution in [0.4, 0.5) is 5.82 Å². The molecule has 0 radical (unpaired) electrons. The Morgan fingerprint density at radius 1 is 1.22 bits per heavy atom. The summed E-state index contributed by atoms with van der Waals surface area (Å²) in [6.07, 6.45) is 3.15. The average Bonchev–Trinajstić information content (AvgIpc) is 2.77. The Bertz CT molecular complexity index is 707. The van der Waals surface area contributed by atoms with Gasteiger partial charge in [-0.25, -0.2) is 14.6 Å². The van der Waals surface area contributed by atoms with Gasteiger partial charge in [-0.3, -0.25) is 0 Å². The fourth-order valence-corrected chi connectivity index (χ4v) is 2.22. The number of nitrogen functional groups attached to an aromatic ring is 1. The van der Waals surface area contributed by atoms with Crippen molar-refractivity contribution in [3.63, 3.8) is 0 Å². The topological polar surface area (TPSA) is 69.6 Å². The highest BCUT2D eigenvalue weighted by Gasteiger charge is 2.08. The first-order valence-electron chi connectivity index (χ1n) is 5.41. The number of nitrogens with two attached hydrogens (primary N) is 1. The minimum Gasteiger partial charge on any atom is -0.383 e. The third-order valence-corrected chi connectivity index (χ3v) is 3.52. The Morgan fingerprint density at radius 3 is 2.89 bits per heavy atom. The summed E-state index contributed by atoms with van der Waals surface area (Å²) in [6, 6.07) is 8.02. The highest BCUT2D eigenvalue weighted by atomic mass is 79.9. The van der Waals surface area contributed by atoms with Gasteiger partial charge in [0, 0.05) is 4.47 Å². The van der Waals surface area contributed by atoms with E-state index in [1.165, 1.54) is 6.33 Å². The molecule has 0 fully saturated rings. The summed E-state index contributed by atoms with van der Waals surface area (Å²) < 4.78 is 2.86. The maximum Gasteiger partial charge on any atom is 0.163 e. The van der Waals surface area contributed by atoms with Gasteiger partial charge in [-0.05, 0) is 11.6 Å². The van der Waals surface area contributed by atoms with Gasteiger partial charge in [0.05, 0.1) is 18.1 Å². The van der Waals surface area contributed by atoms with Gasteiger partial charge in [-0.1, -0.05) is 34.1 Å². The number of hydrogen-bond acceptors (Lipinski definition) is 4. The number of benzene rings is 1. The van der Waals surface area contributed by atoms with Crippen molar-refractivity contribution in [3.8, 4) is 0 Å². The molecule has 0 aliphatic rings. The first kappa shape index (κ1) is 11.2. The molecule has 2 N–H and O–H groups in total. The van der Waals surface area contributed by atoms with Crippen LogP contribution in [0.1, 0.15) is 5.56 Å². The second-order valence-electron chi connectivity index (χ2n) is 3.89. The van der Waals surface area contributed by atoms with Crippen molar-refractivity contribution in [1.82, 2.24) is 19.7 Å². The molecule has 0 saturated carbocycles. The van der Waals surface area contributed by atoms with Crippen molar-refractivity contribution >= 4 is 32.8 Å². The van der Waals surface area contributed by atoms with Gasteiger partial charge < -0.3 is 5.73 Å². The fraction of sp³-hybridized carbons (Fsp3) is 0.0833. The lowest BCUT2D eigenvalue weighted by molar-refractivity contribution is 0.702. The Morgan fingerprint density at radius 2 is 2.06 bits per heavy atom. The molecule has 3 aromatic rings. The number of halogens is 1. The molecule has 5 nitrogen and oxygen atoms in total. The third-order valence-electron chi connectivity index (χ3n) is 2.74. The van der Waals surface area contributed by atoms with Crippen LogP contribution in [0.25, 0.3) is 11.0 Å². The van der Waals surface area contributed by atoms with Gasteiger partial charge in [-0.2, -0.15) is 5.10 Å². The molecule has 2 heterocycles. The number of rotatable bonds is 2. The Hall–Kier alpha value is -1.95. The minimum absolute atomic E-state index is 0.457. The zero-order valence-electron chi connectivity index (χ0n) is 9.42. The number of hydrogen-bond donors (Lipinski definition) is 1. The predicted octanol–water partition coefficient (Wildman–Crippen LogP) is 2.22. The second-order valence-corrected chi connectivity index (χ2v) is 4.74. The molecule has 0 saturated heterocycles. The SMILES string of the molecule is Nc1ncnc2c1cnn2Cc1ccccc1Br. The molecular formula is C12H10BrN5. The molecule has 0 amide bonds. The Labute approximate surface area is 112 Å². The van der Waals surface area contributed by atoms with Crippen LogP contribution in [0.2, 0.25) is 0 Å². The number of anilines is 1. The Kier molecular flexibility index (Phi) is 2.71. The summed E-state index contributed by atoms with van der Waals surface area (Å²) in [7, 11) is 0. The summed E-state index contributed by atoms with van der Waals surface area (Å²) in [5.41, 5.74) is 7.67. The average molecular weight is 304 g/mol. The standard InChI is InChI=1S/C12H10BrN5/c13-10-4-2-1-3-8(10)6-18-12-9(5-17-18)11(14)15-7-16-12/h1-5,7H,6H2,(H2,14,15,16). The zero-order chi connectivity index (χ0) is 12.5. The van der Waals surface area contributed by atoms with Crippen molar-refractivity contribution in [2.75, 3.05) is 5.73 Å². The van der Waals surface area contributed by atoms with Crippen LogP contribution in [0.3, 0.4) is 0 Å². The minimum atomic E-state index is 0.457. The van der Waals surface area contributed by atoms with E-state index in [1.54, 1.807) is 6.20 Å². The van der Waals surface area contributed by atoms with Crippen LogP contribution in [0.5, 0.6) is 0 Å². The van der Waals surface area contributed by atoms with Gasteiger partial charge in [0.1, 0.15) is 12.1 Å². The molecular weight excluding hydrogens is 294 g/mol. The van der Waals surface area contributed by atoms with E-state index in [0.29, 0.717) is 12.4 Å². The first-order chi connectivity index (χ1) is 8.75. The third kappa shape index (κ3) is 1.84. The predicted molar refractivity (Wildman–Crippen MR) is 73.0 cm³/mol. The molecule has 0 aliphatic carbocycles. The van der Waals surface area contributed by atoms with E-state index in [0.717, 1.165) is 21.1 Å². The molecule has 6 heteroatoms. The molecule has 2 aromatic heterocycles. The van der Waals surface area contributed by atoms with Crippen LogP contribution >= 0.6 is 15.9 Å². The van der Waals surface area contributed by atoms with E-state index in [9.17, 15) is 0 Å². The summed E-state index contributed by atoms with van der Waals surface area (Å²) in [5, 5.41) is 5.09. The highest BCUT2D eigenvalue weighted by Crippen LogP contribution is 2.20. The van der Waals surface area contributed by atoms with Crippen LogP contribution < -0.4 is 5.73 Å². The lowest BCUT2D eigenvalue weighted by Gasteiger charge is -2.05. The molecule has 90 valence electrons. The van der Waals surface area contributed by atoms with Crippen molar-refractivity contribution in [2.24, 2.45) is 0 Å². The zero-order valence-corrected chi connectivity index (χ0v) is 11.0. The van der Waals surface area contributed by atoms with Gasteiger partial charge in [-0.15, -0.1) is 0 Å². The maximum atomic E-state index is 5.78. The smallest absolute Gasteiger partial charge is 0.163 e. The van der Waals surface area contributed by atoms with E-state index < -0.39 is 0 Å². The maximum absolute atomic E-state index is 5.78. The second kappa shape index (κ2) is 4.38. The summed E-state index contributed by atoms with van der Waals surface area (Å²) in [4.78, 5) is 8.17. The van der Waals surface area contributed by atoms with Crippen molar-refractivity contribution in [1.29, 1.82) is 0 Å². The molecule has 0 atom stereocenters. The largest absolute Gasteiger partial charge is 0.383 e. The van der Waals surface area contributed by atoms with Gasteiger partial charge in [0.15, 0.2) is 5.65 Å². The van der Waals surface area contributed by atoms with E-state index in [4.69, 9.17) is 5.73 Å². The van der Waals surface area contributed by atoms with Gasteiger partial charge in [0.25, 0.3) is 0 Å². The Balaban J connectivity index is 2.06. The molecule has 1 aromatic carbocycles. The van der Waals surface area contributed by atoms with Crippen molar-refractivity contribution in [3.05, 3.63) is 46.8 Å². The van der Waals surface area contributed by atoms with E-state index in [1.807, 2.05) is 28.9 Å². The van der Waals surface area contributed by atoms with Crippen LogP contribution in [0, 0.1) is 0 Å². The summed E-state index contributed by atoms with van der Waals surface area (Å²) in [5.74, 6) is 0.457. The molecule has 18 heavy (non-hydrogen) atoms. The van der Waals surface area contributed by atoms with Crippen molar-refractivity contribution in [2.45, 2.75) is 6.54 Å². The van der Waals surface area contributed by atoms with Gasteiger partial charge >= 0.3 is 0 Å².